The number of nitrogens with zero attached hydrogens (tertiary/aromatic N) is 2. The number of halogens is 2. The molecule has 0 aromatic heterocycles. The van der Waals surface area contributed by atoms with Crippen LogP contribution in [0.2, 0.25) is 0 Å². The van der Waals surface area contributed by atoms with Gasteiger partial charge in [0.2, 0.25) is 5.91 Å². The Bertz CT molecular complexity index is 243. The largest absolute Gasteiger partial charge is 0.342 e. The Labute approximate surface area is 136 Å². The number of hydrogen-bond acceptors (Lipinski definition) is 3. The topological polar surface area (TPSA) is 35.6 Å². The molecular formula is C14H31Cl2N3O. The molecule has 1 saturated heterocycles. The van der Waals surface area contributed by atoms with Crippen LogP contribution in [0.5, 0.6) is 0 Å². The number of hydrogen-bond donors (Lipinski definition) is 1. The molecule has 0 radical (unpaired) electrons. The van der Waals surface area contributed by atoms with E-state index in [9.17, 15) is 4.79 Å². The summed E-state index contributed by atoms with van der Waals surface area (Å²) in [4.78, 5) is 16.4. The number of rotatable bonds is 7. The summed E-state index contributed by atoms with van der Waals surface area (Å²) in [6.07, 6.45) is 3.59. The van der Waals surface area contributed by atoms with Crippen LogP contribution in [0.3, 0.4) is 0 Å². The minimum Gasteiger partial charge on any atom is -0.342 e. The van der Waals surface area contributed by atoms with Crippen LogP contribution in [0.4, 0.5) is 0 Å². The van der Waals surface area contributed by atoms with Gasteiger partial charge in [-0.15, -0.1) is 24.8 Å². The van der Waals surface area contributed by atoms with E-state index in [1.165, 1.54) is 19.3 Å². The summed E-state index contributed by atoms with van der Waals surface area (Å²) in [5.74, 6) is 1.11. The highest BCUT2D eigenvalue weighted by molar-refractivity contribution is 5.85. The fourth-order valence-electron chi connectivity index (χ4n) is 2.56. The van der Waals surface area contributed by atoms with Crippen molar-refractivity contribution in [3.63, 3.8) is 0 Å². The molecule has 20 heavy (non-hydrogen) atoms. The van der Waals surface area contributed by atoms with E-state index in [4.69, 9.17) is 0 Å². The molecule has 0 bridgehead atoms. The monoisotopic (exact) mass is 327 g/mol. The molecule has 1 N–H and O–H groups in total. The summed E-state index contributed by atoms with van der Waals surface area (Å²) in [6.45, 7) is 9.73. The highest BCUT2D eigenvalue weighted by atomic mass is 35.5. The lowest BCUT2D eigenvalue weighted by molar-refractivity contribution is -0.133. The smallest absolute Gasteiger partial charge is 0.236 e. The summed E-state index contributed by atoms with van der Waals surface area (Å²) < 4.78 is 0. The maximum absolute atomic E-state index is 12.1. The van der Waals surface area contributed by atoms with Gasteiger partial charge in [0.05, 0.1) is 6.54 Å². The Kier molecular flexibility index (Phi) is 14.1. The Morgan fingerprint density at radius 1 is 1.20 bits per heavy atom. The zero-order chi connectivity index (χ0) is 13.4. The molecule has 0 spiro atoms. The maximum atomic E-state index is 12.1. The van der Waals surface area contributed by atoms with Crippen molar-refractivity contribution in [2.24, 2.45) is 5.92 Å². The highest BCUT2D eigenvalue weighted by Gasteiger charge is 2.22. The number of nitrogens with one attached hydrogen (secondary N) is 1. The van der Waals surface area contributed by atoms with Crippen LogP contribution in [0, 0.1) is 5.92 Å². The van der Waals surface area contributed by atoms with Crippen molar-refractivity contribution in [1.82, 2.24) is 15.1 Å². The lowest BCUT2D eigenvalue weighted by atomic mass is 9.93. The second-order valence-corrected chi connectivity index (χ2v) is 5.18. The average Bonchev–Trinajstić information content (AvgIpc) is 2.42. The van der Waals surface area contributed by atoms with E-state index in [2.05, 4.69) is 24.1 Å². The Morgan fingerprint density at radius 3 is 2.20 bits per heavy atom. The van der Waals surface area contributed by atoms with Crippen molar-refractivity contribution < 1.29 is 4.79 Å². The van der Waals surface area contributed by atoms with E-state index >= 15 is 0 Å². The fourth-order valence-corrected chi connectivity index (χ4v) is 2.56. The molecule has 0 aliphatic carbocycles. The Morgan fingerprint density at radius 2 is 1.75 bits per heavy atom. The van der Waals surface area contributed by atoms with Crippen molar-refractivity contribution in [1.29, 1.82) is 0 Å². The van der Waals surface area contributed by atoms with Gasteiger partial charge in [0.15, 0.2) is 0 Å². The molecule has 0 atom stereocenters. The summed E-state index contributed by atoms with van der Waals surface area (Å²) in [6, 6.07) is 0. The Hall–Kier alpha value is -0.0300. The molecule has 1 aliphatic rings. The molecule has 1 aliphatic heterocycles. The molecule has 122 valence electrons. The average molecular weight is 328 g/mol. The standard InChI is InChI=1S/C14H29N3O.2ClH/c1-4-16(5-2)12-14(18)17-10-7-13(8-11-17)6-9-15-3;;/h13,15H,4-12H2,1-3H3;2*1H. The van der Waals surface area contributed by atoms with Crippen LogP contribution in [0.15, 0.2) is 0 Å². The van der Waals surface area contributed by atoms with Crippen molar-refractivity contribution in [3.8, 4) is 0 Å². The van der Waals surface area contributed by atoms with Gasteiger partial charge in [-0.05, 0) is 51.9 Å². The number of carbonyl (C=O) groups is 1. The summed E-state index contributed by atoms with van der Waals surface area (Å²) >= 11 is 0. The first-order valence-electron chi connectivity index (χ1n) is 7.35. The molecule has 0 aromatic carbocycles. The minimum absolute atomic E-state index is 0. The van der Waals surface area contributed by atoms with E-state index in [1.54, 1.807) is 0 Å². The van der Waals surface area contributed by atoms with Crippen molar-refractivity contribution in [3.05, 3.63) is 0 Å². The minimum atomic E-state index is 0. The third-order valence-corrected chi connectivity index (χ3v) is 4.02. The first-order valence-corrected chi connectivity index (χ1v) is 7.35. The summed E-state index contributed by atoms with van der Waals surface area (Å²) in [5.41, 5.74) is 0. The van der Waals surface area contributed by atoms with Crippen LogP contribution in [0.25, 0.3) is 0 Å². The molecule has 1 heterocycles. The van der Waals surface area contributed by atoms with Crippen LogP contribution in [-0.2, 0) is 4.79 Å². The molecule has 0 aromatic rings. The first-order chi connectivity index (χ1) is 8.71. The van der Waals surface area contributed by atoms with Crippen molar-refractivity contribution in [2.75, 3.05) is 46.3 Å². The number of likely N-dealkylation sites (N-methyl/N-ethyl adjacent to an activating group) is 1. The third-order valence-electron chi connectivity index (χ3n) is 4.02. The second-order valence-electron chi connectivity index (χ2n) is 5.18. The van der Waals surface area contributed by atoms with Gasteiger partial charge in [-0.2, -0.15) is 0 Å². The van der Waals surface area contributed by atoms with Gasteiger partial charge in [-0.3, -0.25) is 9.69 Å². The van der Waals surface area contributed by atoms with Crippen LogP contribution in [-0.4, -0.2) is 62.0 Å². The molecular weight excluding hydrogens is 297 g/mol. The summed E-state index contributed by atoms with van der Waals surface area (Å²) in [5, 5.41) is 3.20. The summed E-state index contributed by atoms with van der Waals surface area (Å²) in [7, 11) is 2.00. The van der Waals surface area contributed by atoms with Gasteiger partial charge in [-0.25, -0.2) is 0 Å². The number of amides is 1. The maximum Gasteiger partial charge on any atom is 0.236 e. The van der Waals surface area contributed by atoms with Gasteiger partial charge < -0.3 is 10.2 Å². The van der Waals surface area contributed by atoms with E-state index in [1.807, 2.05) is 11.9 Å². The van der Waals surface area contributed by atoms with E-state index in [0.29, 0.717) is 12.5 Å². The van der Waals surface area contributed by atoms with Gasteiger partial charge in [0.1, 0.15) is 0 Å². The predicted molar refractivity (Wildman–Crippen MR) is 90.1 cm³/mol. The van der Waals surface area contributed by atoms with Gasteiger partial charge in [0.25, 0.3) is 0 Å². The van der Waals surface area contributed by atoms with Gasteiger partial charge >= 0.3 is 0 Å². The number of piperidine rings is 1. The van der Waals surface area contributed by atoms with Gasteiger partial charge in [0, 0.05) is 13.1 Å². The first kappa shape index (κ1) is 22.3. The SMILES string of the molecule is CCN(CC)CC(=O)N1CCC(CCNC)CC1.Cl.Cl. The van der Waals surface area contributed by atoms with Crippen molar-refractivity contribution in [2.45, 2.75) is 33.1 Å². The third kappa shape index (κ3) is 7.67. The molecule has 0 unspecified atom stereocenters. The normalized spacial score (nSPS) is 15.7. The predicted octanol–water partition coefficient (Wildman–Crippen LogP) is 2.02. The van der Waals surface area contributed by atoms with E-state index in [0.717, 1.165) is 38.6 Å². The fraction of sp³-hybridized carbons (Fsp3) is 0.929. The molecule has 6 heteroatoms. The zero-order valence-electron chi connectivity index (χ0n) is 13.1. The van der Waals surface area contributed by atoms with Crippen LogP contribution in [0.1, 0.15) is 33.1 Å². The number of carbonyl (C=O) groups excluding carboxylic acids is 1. The van der Waals surface area contributed by atoms with Crippen LogP contribution < -0.4 is 5.32 Å². The van der Waals surface area contributed by atoms with E-state index < -0.39 is 0 Å². The lowest BCUT2D eigenvalue weighted by Gasteiger charge is -2.33. The lowest BCUT2D eigenvalue weighted by Crippen LogP contribution is -2.44. The Balaban J connectivity index is 0. The second kappa shape index (κ2) is 12.7. The number of likely N-dealkylation sites (tertiary alicyclic amines) is 1. The van der Waals surface area contributed by atoms with Crippen molar-refractivity contribution >= 4 is 30.7 Å². The van der Waals surface area contributed by atoms with Gasteiger partial charge in [-0.1, -0.05) is 13.8 Å². The molecule has 1 fully saturated rings. The molecule has 1 amide bonds. The quantitative estimate of drug-likeness (QED) is 0.777. The molecule has 0 saturated carbocycles. The van der Waals surface area contributed by atoms with Crippen LogP contribution >= 0.6 is 24.8 Å². The molecule has 1 rings (SSSR count). The highest BCUT2D eigenvalue weighted by Crippen LogP contribution is 2.20. The van der Waals surface area contributed by atoms with E-state index in [-0.39, 0.29) is 24.8 Å². The zero-order valence-corrected chi connectivity index (χ0v) is 14.7. The molecule has 4 nitrogen and oxygen atoms in total.